The van der Waals surface area contributed by atoms with Crippen molar-refractivity contribution in [3.05, 3.63) is 40.4 Å². The molecule has 1 aliphatic rings. The molecule has 2 heterocycles. The molecular formula is C17H17ClN2O3S. The molecule has 1 atom stereocenters. The Labute approximate surface area is 149 Å². The van der Waals surface area contributed by atoms with Crippen LogP contribution in [-0.4, -0.2) is 41.5 Å². The number of carbonyl (C=O) groups is 2. The van der Waals surface area contributed by atoms with E-state index >= 15 is 0 Å². The molecular weight excluding hydrogens is 348 g/mol. The number of carbonyl (C=O) groups excluding carboxylic acids is 2. The SMILES string of the molecule is COC(=O)C1CCCCN1C(=O)c1csc(-c2cccc(Cl)c2)n1. The van der Waals surface area contributed by atoms with Crippen molar-refractivity contribution in [2.75, 3.05) is 13.7 Å². The molecule has 126 valence electrons. The molecule has 7 heteroatoms. The van der Waals surface area contributed by atoms with Gasteiger partial charge >= 0.3 is 5.97 Å². The maximum atomic E-state index is 12.8. The summed E-state index contributed by atoms with van der Waals surface area (Å²) < 4.78 is 4.83. The number of ether oxygens (including phenoxy) is 1. The summed E-state index contributed by atoms with van der Waals surface area (Å²) in [5.41, 5.74) is 1.22. The molecule has 0 aliphatic carbocycles. The topological polar surface area (TPSA) is 59.5 Å². The minimum absolute atomic E-state index is 0.227. The molecule has 1 aromatic carbocycles. The number of thiazole rings is 1. The van der Waals surface area contributed by atoms with Crippen LogP contribution in [0.25, 0.3) is 10.6 Å². The van der Waals surface area contributed by atoms with Crippen LogP contribution in [0.4, 0.5) is 0 Å². The predicted octanol–water partition coefficient (Wildman–Crippen LogP) is 3.63. The lowest BCUT2D eigenvalue weighted by Crippen LogP contribution is -2.48. The quantitative estimate of drug-likeness (QED) is 0.780. The highest BCUT2D eigenvalue weighted by Gasteiger charge is 2.34. The van der Waals surface area contributed by atoms with E-state index in [1.807, 2.05) is 18.2 Å². The van der Waals surface area contributed by atoms with Gasteiger partial charge in [0.2, 0.25) is 0 Å². The number of rotatable bonds is 3. The van der Waals surface area contributed by atoms with Gasteiger partial charge in [0.15, 0.2) is 0 Å². The molecule has 0 radical (unpaired) electrons. The third kappa shape index (κ3) is 3.44. The minimum Gasteiger partial charge on any atom is -0.467 e. The maximum Gasteiger partial charge on any atom is 0.328 e. The van der Waals surface area contributed by atoms with Crippen molar-refractivity contribution in [3.63, 3.8) is 0 Å². The number of piperidine rings is 1. The van der Waals surface area contributed by atoms with Crippen LogP contribution in [0.2, 0.25) is 5.02 Å². The Kier molecular flexibility index (Phi) is 5.16. The van der Waals surface area contributed by atoms with Crippen molar-refractivity contribution in [2.24, 2.45) is 0 Å². The molecule has 1 aromatic heterocycles. The molecule has 3 rings (SSSR count). The van der Waals surface area contributed by atoms with E-state index in [1.165, 1.54) is 18.4 Å². The number of methoxy groups -OCH3 is 1. The van der Waals surface area contributed by atoms with E-state index < -0.39 is 6.04 Å². The van der Waals surface area contributed by atoms with Crippen LogP contribution in [0.1, 0.15) is 29.8 Å². The van der Waals surface area contributed by atoms with Crippen molar-refractivity contribution in [1.29, 1.82) is 0 Å². The number of amides is 1. The van der Waals surface area contributed by atoms with Crippen molar-refractivity contribution in [3.8, 4) is 10.6 Å². The zero-order valence-corrected chi connectivity index (χ0v) is 14.8. The highest BCUT2D eigenvalue weighted by atomic mass is 35.5. The average Bonchev–Trinajstić information content (AvgIpc) is 3.10. The molecule has 1 unspecified atom stereocenters. The van der Waals surface area contributed by atoms with Gasteiger partial charge in [-0.2, -0.15) is 0 Å². The molecule has 2 aromatic rings. The molecule has 1 amide bonds. The molecule has 1 aliphatic heterocycles. The van der Waals surface area contributed by atoms with E-state index in [4.69, 9.17) is 16.3 Å². The van der Waals surface area contributed by atoms with Crippen LogP contribution in [0.15, 0.2) is 29.6 Å². The van der Waals surface area contributed by atoms with Crippen molar-refractivity contribution >= 4 is 34.8 Å². The molecule has 24 heavy (non-hydrogen) atoms. The van der Waals surface area contributed by atoms with Gasteiger partial charge in [-0.05, 0) is 31.4 Å². The van der Waals surface area contributed by atoms with Gasteiger partial charge in [-0.3, -0.25) is 4.79 Å². The number of halogens is 1. The standard InChI is InChI=1S/C17H17ClN2O3S/c1-23-17(22)14-7-2-3-8-20(14)16(21)13-10-24-15(19-13)11-5-4-6-12(18)9-11/h4-6,9-10,14H,2-3,7-8H2,1H3. The second-order valence-corrected chi connectivity index (χ2v) is 6.88. The van der Waals surface area contributed by atoms with Gasteiger partial charge in [0.1, 0.15) is 16.7 Å². The van der Waals surface area contributed by atoms with Crippen LogP contribution >= 0.6 is 22.9 Å². The summed E-state index contributed by atoms with van der Waals surface area (Å²) >= 11 is 7.39. The lowest BCUT2D eigenvalue weighted by Gasteiger charge is -2.33. The lowest BCUT2D eigenvalue weighted by atomic mass is 10.0. The van der Waals surface area contributed by atoms with Crippen LogP contribution in [-0.2, 0) is 9.53 Å². The fraction of sp³-hybridized carbons (Fsp3) is 0.353. The highest BCUT2D eigenvalue weighted by Crippen LogP contribution is 2.27. The fourth-order valence-corrected chi connectivity index (χ4v) is 3.81. The first kappa shape index (κ1) is 16.9. The van der Waals surface area contributed by atoms with E-state index in [-0.39, 0.29) is 11.9 Å². The third-order valence-electron chi connectivity index (χ3n) is 4.03. The number of likely N-dealkylation sites (tertiary alicyclic amines) is 1. The summed E-state index contributed by atoms with van der Waals surface area (Å²) in [5.74, 6) is -0.594. The number of aromatic nitrogens is 1. The van der Waals surface area contributed by atoms with Gasteiger partial charge in [0, 0.05) is 22.5 Å². The molecule has 1 saturated heterocycles. The Bertz CT molecular complexity index is 762. The smallest absolute Gasteiger partial charge is 0.328 e. The summed E-state index contributed by atoms with van der Waals surface area (Å²) in [4.78, 5) is 30.7. The van der Waals surface area contributed by atoms with Gasteiger partial charge < -0.3 is 9.64 Å². The van der Waals surface area contributed by atoms with Gasteiger partial charge in [-0.1, -0.05) is 23.7 Å². The number of hydrogen-bond acceptors (Lipinski definition) is 5. The molecule has 1 fully saturated rings. The van der Waals surface area contributed by atoms with Crippen molar-refractivity contribution < 1.29 is 14.3 Å². The average molecular weight is 365 g/mol. The van der Waals surface area contributed by atoms with Gasteiger partial charge in [0.05, 0.1) is 7.11 Å². The van der Waals surface area contributed by atoms with Gasteiger partial charge in [-0.15, -0.1) is 11.3 Å². The molecule has 0 bridgehead atoms. The first-order valence-electron chi connectivity index (χ1n) is 7.70. The van der Waals surface area contributed by atoms with E-state index in [0.29, 0.717) is 23.7 Å². The van der Waals surface area contributed by atoms with Crippen LogP contribution in [0, 0.1) is 0 Å². The van der Waals surface area contributed by atoms with E-state index in [2.05, 4.69) is 4.98 Å². The zero-order chi connectivity index (χ0) is 17.1. The van der Waals surface area contributed by atoms with Crippen LogP contribution in [0.5, 0.6) is 0 Å². The monoisotopic (exact) mass is 364 g/mol. The van der Waals surface area contributed by atoms with E-state index in [0.717, 1.165) is 23.4 Å². The van der Waals surface area contributed by atoms with Crippen molar-refractivity contribution in [2.45, 2.75) is 25.3 Å². The summed E-state index contributed by atoms with van der Waals surface area (Å²) in [7, 11) is 1.35. The van der Waals surface area contributed by atoms with E-state index in [1.54, 1.807) is 16.3 Å². The Morgan fingerprint density at radius 1 is 1.38 bits per heavy atom. The zero-order valence-electron chi connectivity index (χ0n) is 13.2. The number of benzene rings is 1. The first-order valence-corrected chi connectivity index (χ1v) is 8.96. The summed E-state index contributed by atoms with van der Waals surface area (Å²) in [6.07, 6.45) is 2.42. The molecule has 5 nitrogen and oxygen atoms in total. The summed E-state index contributed by atoms with van der Waals surface area (Å²) in [6, 6.07) is 6.83. The van der Waals surface area contributed by atoms with Crippen LogP contribution in [0.3, 0.4) is 0 Å². The maximum absolute atomic E-state index is 12.8. The lowest BCUT2D eigenvalue weighted by molar-refractivity contribution is -0.147. The molecule has 0 spiro atoms. The third-order valence-corrected chi connectivity index (χ3v) is 5.16. The Morgan fingerprint density at radius 3 is 2.96 bits per heavy atom. The first-order chi connectivity index (χ1) is 11.6. The Hall–Kier alpha value is -1.92. The predicted molar refractivity (Wildman–Crippen MR) is 93.3 cm³/mol. The summed E-state index contributed by atoms with van der Waals surface area (Å²) in [5, 5.41) is 3.08. The number of hydrogen-bond donors (Lipinski definition) is 0. The largest absolute Gasteiger partial charge is 0.467 e. The van der Waals surface area contributed by atoms with E-state index in [9.17, 15) is 9.59 Å². The number of esters is 1. The minimum atomic E-state index is -0.521. The molecule has 0 saturated carbocycles. The fourth-order valence-electron chi connectivity index (χ4n) is 2.83. The normalized spacial score (nSPS) is 17.6. The van der Waals surface area contributed by atoms with Gasteiger partial charge in [-0.25, -0.2) is 9.78 Å². The van der Waals surface area contributed by atoms with Gasteiger partial charge in [0.25, 0.3) is 5.91 Å². The Balaban J connectivity index is 1.83. The Morgan fingerprint density at radius 2 is 2.21 bits per heavy atom. The second-order valence-electron chi connectivity index (χ2n) is 5.58. The molecule has 0 N–H and O–H groups in total. The van der Waals surface area contributed by atoms with Crippen LogP contribution < -0.4 is 0 Å². The second kappa shape index (κ2) is 7.32. The number of nitrogens with zero attached hydrogens (tertiary/aromatic N) is 2. The highest BCUT2D eigenvalue weighted by molar-refractivity contribution is 7.13. The summed E-state index contributed by atoms with van der Waals surface area (Å²) in [6.45, 7) is 0.544. The van der Waals surface area contributed by atoms with Crippen molar-refractivity contribution in [1.82, 2.24) is 9.88 Å².